The SMILES string of the molecule is C=CC(=O)N(C)C(=C)C(F)(F)C(F)(F)C(F)(F)C(F)(F)F. The highest BCUT2D eigenvalue weighted by Gasteiger charge is 2.82. The van der Waals surface area contributed by atoms with Crippen LogP contribution in [-0.2, 0) is 4.79 Å². The van der Waals surface area contributed by atoms with Gasteiger partial charge >= 0.3 is 23.9 Å². The van der Waals surface area contributed by atoms with E-state index in [1.54, 1.807) is 0 Å². The lowest BCUT2D eigenvalue weighted by molar-refractivity contribution is -0.391. The summed E-state index contributed by atoms with van der Waals surface area (Å²) in [7, 11) is 0.433. The smallest absolute Gasteiger partial charge is 0.310 e. The molecule has 0 aliphatic rings. The highest BCUT2D eigenvalue weighted by molar-refractivity contribution is 5.88. The lowest BCUT2D eigenvalue weighted by Gasteiger charge is -2.36. The van der Waals surface area contributed by atoms with Gasteiger partial charge in [-0.3, -0.25) is 4.79 Å². The van der Waals surface area contributed by atoms with Gasteiger partial charge in [0.1, 0.15) is 0 Å². The summed E-state index contributed by atoms with van der Waals surface area (Å²) in [6, 6.07) is 0. The average Bonchev–Trinajstić information content (AvgIpc) is 2.33. The van der Waals surface area contributed by atoms with Gasteiger partial charge in [-0.05, 0) is 6.08 Å². The van der Waals surface area contributed by atoms with Crippen molar-refractivity contribution in [2.75, 3.05) is 7.05 Å². The molecule has 1 amide bonds. The van der Waals surface area contributed by atoms with Gasteiger partial charge in [0.25, 0.3) is 0 Å². The highest BCUT2D eigenvalue weighted by atomic mass is 19.4. The zero-order valence-electron chi connectivity index (χ0n) is 10.2. The average molecular weight is 329 g/mol. The predicted molar refractivity (Wildman–Crippen MR) is 53.0 cm³/mol. The molecular weight excluding hydrogens is 321 g/mol. The number of likely N-dealkylation sites (N-methyl/N-ethyl adjacent to an activating group) is 1. The van der Waals surface area contributed by atoms with Crippen LogP contribution in [0.3, 0.4) is 0 Å². The normalized spacial score (nSPS) is 13.8. The molecule has 2 nitrogen and oxygen atoms in total. The largest absolute Gasteiger partial charge is 0.460 e. The molecule has 0 fully saturated rings. The van der Waals surface area contributed by atoms with Crippen LogP contribution in [0.2, 0.25) is 0 Å². The summed E-state index contributed by atoms with van der Waals surface area (Å²) in [5, 5.41) is 0. The fraction of sp³-hybridized carbons (Fsp3) is 0.500. The lowest BCUT2D eigenvalue weighted by atomic mass is 10.0. The number of rotatable bonds is 5. The van der Waals surface area contributed by atoms with E-state index in [0.29, 0.717) is 13.1 Å². The molecular formula is C10H8F9NO. The van der Waals surface area contributed by atoms with Gasteiger partial charge < -0.3 is 4.90 Å². The summed E-state index contributed by atoms with van der Waals surface area (Å²) < 4.78 is 113. The van der Waals surface area contributed by atoms with E-state index in [4.69, 9.17) is 0 Å². The first-order valence-corrected chi connectivity index (χ1v) is 4.85. The topological polar surface area (TPSA) is 20.3 Å². The molecule has 0 spiro atoms. The molecule has 11 heteroatoms. The quantitative estimate of drug-likeness (QED) is 0.557. The molecule has 0 rings (SSSR count). The third kappa shape index (κ3) is 2.86. The summed E-state index contributed by atoms with van der Waals surface area (Å²) in [6.07, 6.45) is -6.58. The summed E-state index contributed by atoms with van der Waals surface area (Å²) in [4.78, 5) is 10.6. The van der Waals surface area contributed by atoms with E-state index in [-0.39, 0.29) is 4.90 Å². The fourth-order valence-corrected chi connectivity index (χ4v) is 1.04. The summed E-state index contributed by atoms with van der Waals surface area (Å²) >= 11 is 0. The molecule has 0 aliphatic carbocycles. The highest BCUT2D eigenvalue weighted by Crippen LogP contribution is 2.55. The first-order chi connectivity index (χ1) is 9.05. The van der Waals surface area contributed by atoms with E-state index in [9.17, 15) is 44.3 Å². The Hall–Kier alpha value is -1.68. The predicted octanol–water partition coefficient (Wildman–Crippen LogP) is 3.61. The van der Waals surface area contributed by atoms with Crippen LogP contribution in [0.5, 0.6) is 0 Å². The first-order valence-electron chi connectivity index (χ1n) is 4.85. The number of alkyl halides is 9. The molecule has 0 aromatic rings. The number of allylic oxidation sites excluding steroid dienone is 1. The van der Waals surface area contributed by atoms with Crippen molar-refractivity contribution >= 4 is 5.91 Å². The van der Waals surface area contributed by atoms with Crippen molar-refractivity contribution in [3.63, 3.8) is 0 Å². The second kappa shape index (κ2) is 5.26. The van der Waals surface area contributed by atoms with Crippen molar-refractivity contribution in [1.82, 2.24) is 4.90 Å². The van der Waals surface area contributed by atoms with E-state index in [2.05, 4.69) is 13.2 Å². The Morgan fingerprint density at radius 2 is 1.33 bits per heavy atom. The van der Waals surface area contributed by atoms with Gasteiger partial charge in [0.05, 0.1) is 5.70 Å². The molecule has 0 aromatic carbocycles. The van der Waals surface area contributed by atoms with Crippen LogP contribution in [0.4, 0.5) is 39.5 Å². The van der Waals surface area contributed by atoms with E-state index in [1.807, 2.05) is 0 Å². The van der Waals surface area contributed by atoms with Crippen LogP contribution in [0.25, 0.3) is 0 Å². The summed E-state index contributed by atoms with van der Waals surface area (Å²) in [5.41, 5.74) is -2.23. The van der Waals surface area contributed by atoms with Crippen molar-refractivity contribution < 1.29 is 44.3 Å². The molecule has 0 bridgehead atoms. The number of amides is 1. The van der Waals surface area contributed by atoms with Crippen molar-refractivity contribution in [3.05, 3.63) is 24.9 Å². The van der Waals surface area contributed by atoms with Crippen LogP contribution >= 0.6 is 0 Å². The molecule has 0 aliphatic heterocycles. The van der Waals surface area contributed by atoms with E-state index >= 15 is 0 Å². The lowest BCUT2D eigenvalue weighted by Crippen LogP contribution is -2.62. The Morgan fingerprint density at radius 3 is 1.62 bits per heavy atom. The molecule has 0 aromatic heterocycles. The molecule has 0 saturated heterocycles. The Balaban J connectivity index is 5.84. The van der Waals surface area contributed by atoms with E-state index in [0.717, 1.165) is 0 Å². The Bertz CT molecular complexity index is 452. The number of nitrogens with zero attached hydrogens (tertiary/aromatic N) is 1. The van der Waals surface area contributed by atoms with E-state index in [1.165, 1.54) is 0 Å². The number of halogens is 9. The zero-order chi connectivity index (χ0) is 17.4. The van der Waals surface area contributed by atoms with Crippen molar-refractivity contribution in [3.8, 4) is 0 Å². The Morgan fingerprint density at radius 1 is 0.952 bits per heavy atom. The zero-order valence-corrected chi connectivity index (χ0v) is 10.2. The maximum Gasteiger partial charge on any atom is 0.460 e. The second-order valence-corrected chi connectivity index (χ2v) is 3.77. The second-order valence-electron chi connectivity index (χ2n) is 3.77. The van der Waals surface area contributed by atoms with Gasteiger partial charge in [-0.25, -0.2) is 0 Å². The third-order valence-electron chi connectivity index (χ3n) is 2.42. The fourth-order valence-electron chi connectivity index (χ4n) is 1.04. The maximum atomic E-state index is 13.3. The van der Waals surface area contributed by atoms with Crippen molar-refractivity contribution in [1.29, 1.82) is 0 Å². The molecule has 0 atom stereocenters. The summed E-state index contributed by atoms with van der Waals surface area (Å²) in [6.45, 7) is 5.09. The van der Waals surface area contributed by atoms with Crippen LogP contribution in [0, 0.1) is 0 Å². The molecule has 0 unspecified atom stereocenters. The number of hydrogen-bond acceptors (Lipinski definition) is 1. The molecule has 0 heterocycles. The standard InChI is InChI=1S/C10H8F9NO/c1-4-6(21)20(3)5(2)7(11,12)8(13,14)9(15,16)10(17,18)19/h4H,1-2H2,3H3. The minimum Gasteiger partial charge on any atom is -0.310 e. The number of carbonyl (C=O) groups is 1. The van der Waals surface area contributed by atoms with Crippen molar-refractivity contribution in [2.24, 2.45) is 0 Å². The molecule has 0 radical (unpaired) electrons. The van der Waals surface area contributed by atoms with Gasteiger partial charge in [-0.2, -0.15) is 39.5 Å². The van der Waals surface area contributed by atoms with Gasteiger partial charge in [-0.15, -0.1) is 0 Å². The van der Waals surface area contributed by atoms with Gasteiger partial charge in [0.15, 0.2) is 0 Å². The minimum atomic E-state index is -7.04. The number of carbonyl (C=O) groups excluding carboxylic acids is 1. The van der Waals surface area contributed by atoms with Crippen LogP contribution < -0.4 is 0 Å². The molecule has 122 valence electrons. The molecule has 0 saturated carbocycles. The first kappa shape index (κ1) is 19.3. The van der Waals surface area contributed by atoms with Crippen LogP contribution in [-0.4, -0.2) is 41.8 Å². The maximum absolute atomic E-state index is 13.3. The van der Waals surface area contributed by atoms with Gasteiger partial charge in [-0.1, -0.05) is 13.2 Å². The van der Waals surface area contributed by atoms with Gasteiger partial charge in [0.2, 0.25) is 5.91 Å². The minimum absolute atomic E-state index is 0.312. The van der Waals surface area contributed by atoms with Crippen LogP contribution in [0.15, 0.2) is 24.9 Å². The van der Waals surface area contributed by atoms with Crippen molar-refractivity contribution in [2.45, 2.75) is 23.9 Å². The summed E-state index contributed by atoms with van der Waals surface area (Å²) in [5.74, 6) is -21.4. The Labute approximate surface area is 112 Å². The number of hydrogen-bond donors (Lipinski definition) is 0. The third-order valence-corrected chi connectivity index (χ3v) is 2.42. The Kier molecular flexibility index (Phi) is 4.84. The molecule has 0 N–H and O–H groups in total. The molecule has 21 heavy (non-hydrogen) atoms. The van der Waals surface area contributed by atoms with Crippen LogP contribution in [0.1, 0.15) is 0 Å². The monoisotopic (exact) mass is 329 g/mol. The van der Waals surface area contributed by atoms with Gasteiger partial charge in [0, 0.05) is 7.05 Å². The van der Waals surface area contributed by atoms with E-state index < -0.39 is 35.5 Å².